The second-order valence-corrected chi connectivity index (χ2v) is 4.79. The van der Waals surface area contributed by atoms with Crippen LogP contribution in [-0.4, -0.2) is 11.8 Å². The van der Waals surface area contributed by atoms with Gasteiger partial charge in [0, 0.05) is 29.5 Å². The van der Waals surface area contributed by atoms with Gasteiger partial charge in [0.15, 0.2) is 0 Å². The Morgan fingerprint density at radius 3 is 2.29 bits per heavy atom. The van der Waals surface area contributed by atoms with Gasteiger partial charge in [-0.2, -0.15) is 0 Å². The maximum absolute atomic E-state index is 12.2. The fourth-order valence-electron chi connectivity index (χ4n) is 1.86. The third-order valence-electron chi connectivity index (χ3n) is 2.98. The molecule has 2 aromatic rings. The lowest BCUT2D eigenvalue weighted by Gasteiger charge is -2.09. The molecule has 0 fully saturated rings. The molecule has 0 saturated heterocycles. The van der Waals surface area contributed by atoms with Crippen molar-refractivity contribution in [2.24, 2.45) is 0 Å². The summed E-state index contributed by atoms with van der Waals surface area (Å²) in [6.45, 7) is 3.31. The molecule has 2 rings (SSSR count). The Morgan fingerprint density at radius 1 is 1.00 bits per heavy atom. The van der Waals surface area contributed by atoms with E-state index in [4.69, 9.17) is 5.73 Å². The van der Waals surface area contributed by atoms with Gasteiger partial charge in [-0.3, -0.25) is 9.59 Å². The Bertz CT molecular complexity index is 696. The van der Waals surface area contributed by atoms with Gasteiger partial charge in [-0.15, -0.1) is 0 Å². The summed E-state index contributed by atoms with van der Waals surface area (Å²) in [5, 5.41) is 5.44. The second-order valence-electron chi connectivity index (χ2n) is 4.79. The van der Waals surface area contributed by atoms with Crippen LogP contribution in [0.4, 0.5) is 17.1 Å². The highest BCUT2D eigenvalue weighted by molar-refractivity contribution is 6.05. The maximum Gasteiger partial charge on any atom is 0.255 e. The summed E-state index contributed by atoms with van der Waals surface area (Å²) < 4.78 is 0. The molecule has 108 valence electrons. The number of rotatable bonds is 3. The number of carbonyl (C=O) groups is 2. The summed E-state index contributed by atoms with van der Waals surface area (Å²) >= 11 is 0. The minimum absolute atomic E-state index is 0.162. The molecule has 2 amide bonds. The Hall–Kier alpha value is -2.82. The molecule has 0 unspecified atom stereocenters. The smallest absolute Gasteiger partial charge is 0.255 e. The van der Waals surface area contributed by atoms with Gasteiger partial charge < -0.3 is 16.4 Å². The summed E-state index contributed by atoms with van der Waals surface area (Å²) in [5.74, 6) is -0.411. The van der Waals surface area contributed by atoms with Gasteiger partial charge in [-0.25, -0.2) is 0 Å². The molecule has 2 aromatic carbocycles. The van der Waals surface area contributed by atoms with Crippen LogP contribution in [0.15, 0.2) is 42.5 Å². The molecule has 0 saturated carbocycles. The Labute approximate surface area is 123 Å². The Balaban J connectivity index is 2.15. The van der Waals surface area contributed by atoms with Crippen LogP contribution in [0.2, 0.25) is 0 Å². The zero-order valence-corrected chi connectivity index (χ0v) is 11.9. The van der Waals surface area contributed by atoms with Crippen molar-refractivity contribution in [2.75, 3.05) is 16.4 Å². The summed E-state index contributed by atoms with van der Waals surface area (Å²) in [6.07, 6.45) is 0. The summed E-state index contributed by atoms with van der Waals surface area (Å²) in [7, 11) is 0. The first-order valence-electron chi connectivity index (χ1n) is 6.51. The Morgan fingerprint density at radius 2 is 1.67 bits per heavy atom. The molecule has 0 aliphatic carbocycles. The molecule has 0 atom stereocenters. The van der Waals surface area contributed by atoms with Crippen molar-refractivity contribution in [3.05, 3.63) is 53.6 Å². The monoisotopic (exact) mass is 283 g/mol. The van der Waals surface area contributed by atoms with Gasteiger partial charge in [0.25, 0.3) is 5.91 Å². The fourth-order valence-corrected chi connectivity index (χ4v) is 1.86. The molecule has 21 heavy (non-hydrogen) atoms. The molecule has 0 heterocycles. The van der Waals surface area contributed by atoms with Gasteiger partial charge in [0.05, 0.1) is 0 Å². The lowest BCUT2D eigenvalue weighted by molar-refractivity contribution is -0.114. The minimum Gasteiger partial charge on any atom is -0.398 e. The van der Waals surface area contributed by atoms with Gasteiger partial charge in [-0.1, -0.05) is 12.1 Å². The van der Waals surface area contributed by atoms with E-state index in [-0.39, 0.29) is 11.8 Å². The van der Waals surface area contributed by atoms with Crippen molar-refractivity contribution in [2.45, 2.75) is 13.8 Å². The first-order chi connectivity index (χ1) is 9.95. The van der Waals surface area contributed by atoms with E-state index in [2.05, 4.69) is 10.6 Å². The summed E-state index contributed by atoms with van der Waals surface area (Å²) in [6, 6.07) is 12.1. The first kappa shape index (κ1) is 14.6. The summed E-state index contributed by atoms with van der Waals surface area (Å²) in [5.41, 5.74) is 9.03. The number of anilines is 3. The number of hydrogen-bond donors (Lipinski definition) is 3. The van der Waals surface area contributed by atoms with E-state index < -0.39 is 0 Å². The second kappa shape index (κ2) is 6.09. The number of nitrogens with one attached hydrogen (secondary N) is 2. The lowest BCUT2D eigenvalue weighted by Crippen LogP contribution is -2.13. The van der Waals surface area contributed by atoms with Gasteiger partial charge in [0.2, 0.25) is 5.91 Å². The normalized spacial score (nSPS) is 10.0. The molecule has 0 bridgehead atoms. The molecular weight excluding hydrogens is 266 g/mol. The van der Waals surface area contributed by atoms with Crippen LogP contribution in [0, 0.1) is 6.92 Å². The number of hydrogen-bond acceptors (Lipinski definition) is 3. The predicted molar refractivity (Wildman–Crippen MR) is 84.3 cm³/mol. The van der Waals surface area contributed by atoms with Crippen molar-refractivity contribution in [1.29, 1.82) is 0 Å². The van der Waals surface area contributed by atoms with Crippen molar-refractivity contribution < 1.29 is 9.59 Å². The predicted octanol–water partition coefficient (Wildman–Crippen LogP) is 2.79. The number of amides is 2. The standard InChI is InChI=1S/C16H17N3O2/c1-10-6-7-12(8-15(10)17)16(21)19-14-5-3-4-13(9-14)18-11(2)20/h3-9H,17H2,1-2H3,(H,18,20)(H,19,21). The summed E-state index contributed by atoms with van der Waals surface area (Å²) in [4.78, 5) is 23.2. The average molecular weight is 283 g/mol. The van der Waals surface area contributed by atoms with E-state index in [0.717, 1.165) is 5.56 Å². The molecule has 0 aromatic heterocycles. The highest BCUT2D eigenvalue weighted by Crippen LogP contribution is 2.18. The van der Waals surface area contributed by atoms with Gasteiger partial charge in [0.1, 0.15) is 0 Å². The third kappa shape index (κ3) is 3.82. The maximum atomic E-state index is 12.2. The van der Waals surface area contributed by atoms with E-state index in [1.807, 2.05) is 6.92 Å². The highest BCUT2D eigenvalue weighted by atomic mass is 16.2. The van der Waals surface area contributed by atoms with Crippen molar-refractivity contribution in [1.82, 2.24) is 0 Å². The van der Waals surface area contributed by atoms with Crippen LogP contribution in [0.25, 0.3) is 0 Å². The van der Waals surface area contributed by atoms with E-state index in [1.54, 1.807) is 42.5 Å². The SMILES string of the molecule is CC(=O)Nc1cccc(NC(=O)c2ccc(C)c(N)c2)c1. The van der Waals surface area contributed by atoms with Crippen LogP contribution in [0.3, 0.4) is 0 Å². The molecule has 0 aliphatic heterocycles. The highest BCUT2D eigenvalue weighted by Gasteiger charge is 2.08. The molecule has 0 aliphatic rings. The van der Waals surface area contributed by atoms with Crippen molar-refractivity contribution >= 4 is 28.9 Å². The first-order valence-corrected chi connectivity index (χ1v) is 6.51. The average Bonchev–Trinajstić information content (AvgIpc) is 2.41. The number of aryl methyl sites for hydroxylation is 1. The van der Waals surface area contributed by atoms with Crippen LogP contribution in [0.1, 0.15) is 22.8 Å². The van der Waals surface area contributed by atoms with E-state index >= 15 is 0 Å². The van der Waals surface area contributed by atoms with Crippen LogP contribution in [-0.2, 0) is 4.79 Å². The lowest BCUT2D eigenvalue weighted by atomic mass is 10.1. The number of nitrogens with two attached hydrogens (primary N) is 1. The van der Waals surface area contributed by atoms with E-state index in [1.165, 1.54) is 6.92 Å². The van der Waals surface area contributed by atoms with E-state index in [9.17, 15) is 9.59 Å². The zero-order valence-electron chi connectivity index (χ0n) is 11.9. The molecular formula is C16H17N3O2. The quantitative estimate of drug-likeness (QED) is 0.757. The molecule has 0 spiro atoms. The number of carbonyl (C=O) groups excluding carboxylic acids is 2. The fraction of sp³-hybridized carbons (Fsp3) is 0.125. The topological polar surface area (TPSA) is 84.2 Å². The molecule has 5 heteroatoms. The molecule has 0 radical (unpaired) electrons. The van der Waals surface area contributed by atoms with E-state index in [0.29, 0.717) is 22.6 Å². The largest absolute Gasteiger partial charge is 0.398 e. The minimum atomic E-state index is -0.248. The third-order valence-corrected chi connectivity index (χ3v) is 2.98. The van der Waals surface area contributed by atoms with Crippen LogP contribution >= 0.6 is 0 Å². The Kier molecular flexibility index (Phi) is 4.23. The van der Waals surface area contributed by atoms with Gasteiger partial charge >= 0.3 is 0 Å². The van der Waals surface area contributed by atoms with Gasteiger partial charge in [-0.05, 0) is 42.8 Å². The number of benzene rings is 2. The van der Waals surface area contributed by atoms with Crippen LogP contribution < -0.4 is 16.4 Å². The van der Waals surface area contributed by atoms with Crippen LogP contribution in [0.5, 0.6) is 0 Å². The molecule has 5 nitrogen and oxygen atoms in total. The number of nitrogen functional groups attached to an aromatic ring is 1. The van der Waals surface area contributed by atoms with Crippen molar-refractivity contribution in [3.63, 3.8) is 0 Å². The zero-order chi connectivity index (χ0) is 15.4. The van der Waals surface area contributed by atoms with Crippen molar-refractivity contribution in [3.8, 4) is 0 Å². The molecule has 4 N–H and O–H groups in total.